The number of aromatic nitrogens is 1. The molecule has 0 aliphatic heterocycles. The van der Waals surface area contributed by atoms with Crippen molar-refractivity contribution in [3.63, 3.8) is 0 Å². The molecule has 2 aromatic rings. The fourth-order valence-corrected chi connectivity index (χ4v) is 1.81. The molecule has 5 heteroatoms. The molecular weight excluding hydrogens is 256 g/mol. The zero-order valence-electron chi connectivity index (χ0n) is 11.3. The van der Waals surface area contributed by atoms with Gasteiger partial charge >= 0.3 is 0 Å². The topological polar surface area (TPSA) is 64.2 Å². The number of benzene rings is 1. The molecule has 0 aliphatic carbocycles. The summed E-state index contributed by atoms with van der Waals surface area (Å²) in [6.07, 6.45) is 1.80. The number of nitriles is 1. The molecule has 0 saturated carbocycles. The second kappa shape index (κ2) is 5.93. The number of hydrogen-bond acceptors (Lipinski definition) is 4. The van der Waals surface area contributed by atoms with Gasteiger partial charge in [0.05, 0.1) is 24.4 Å². The van der Waals surface area contributed by atoms with Gasteiger partial charge in [-0.3, -0.25) is 4.79 Å². The van der Waals surface area contributed by atoms with Gasteiger partial charge in [0.1, 0.15) is 11.5 Å². The van der Waals surface area contributed by atoms with Crippen molar-refractivity contribution in [2.45, 2.75) is 0 Å². The van der Waals surface area contributed by atoms with Crippen molar-refractivity contribution in [1.29, 1.82) is 5.26 Å². The summed E-state index contributed by atoms with van der Waals surface area (Å²) >= 11 is 0. The Morgan fingerprint density at radius 1 is 1.35 bits per heavy atom. The Hall–Kier alpha value is -2.74. The van der Waals surface area contributed by atoms with Crippen LogP contribution >= 0.6 is 0 Å². The Labute approximate surface area is 117 Å². The lowest BCUT2D eigenvalue weighted by Crippen LogP contribution is -2.14. The van der Waals surface area contributed by atoms with E-state index in [0.29, 0.717) is 22.8 Å². The normalized spacial score (nSPS) is 9.85. The lowest BCUT2D eigenvalue weighted by molar-refractivity contribution is 0.0913. The average molecular weight is 270 g/mol. The van der Waals surface area contributed by atoms with E-state index in [1.807, 2.05) is 6.07 Å². The molecule has 5 nitrogen and oxygen atoms in total. The molecule has 0 bridgehead atoms. The third kappa shape index (κ3) is 2.98. The Morgan fingerprint density at radius 2 is 2.10 bits per heavy atom. The van der Waals surface area contributed by atoms with Gasteiger partial charge < -0.3 is 14.0 Å². The molecule has 1 aromatic heterocycles. The molecule has 1 heterocycles. The minimum atomic E-state index is -0.126. The number of ketones is 1. The van der Waals surface area contributed by atoms with E-state index in [1.165, 1.54) is 7.11 Å². The third-order valence-electron chi connectivity index (χ3n) is 2.84. The van der Waals surface area contributed by atoms with Gasteiger partial charge in [-0.1, -0.05) is 0 Å². The number of hydrogen-bond donors (Lipinski definition) is 0. The van der Waals surface area contributed by atoms with Gasteiger partial charge in [0.2, 0.25) is 5.78 Å². The van der Waals surface area contributed by atoms with Crippen molar-refractivity contribution in [3.8, 4) is 17.6 Å². The third-order valence-corrected chi connectivity index (χ3v) is 2.84. The quantitative estimate of drug-likeness (QED) is 0.781. The van der Waals surface area contributed by atoms with E-state index >= 15 is 0 Å². The first-order chi connectivity index (χ1) is 9.63. The van der Waals surface area contributed by atoms with E-state index in [0.717, 1.165) is 0 Å². The van der Waals surface area contributed by atoms with Crippen molar-refractivity contribution in [2.24, 2.45) is 7.05 Å². The molecule has 0 N–H and O–H groups in total. The molecule has 0 aliphatic rings. The van der Waals surface area contributed by atoms with Gasteiger partial charge in [-0.25, -0.2) is 0 Å². The van der Waals surface area contributed by atoms with Gasteiger partial charge in [-0.05, 0) is 24.3 Å². The summed E-state index contributed by atoms with van der Waals surface area (Å²) in [6.45, 7) is -0.0874. The standard InChI is InChI=1S/C15H14N2O3/c1-17-5-3-4-14(17)15(18)10-20-13-7-11(9-16)6-12(8-13)19-2/h3-8H,10H2,1-2H3. The predicted octanol–water partition coefficient (Wildman–Crippen LogP) is 2.17. The molecule has 102 valence electrons. The molecule has 0 atom stereocenters. The van der Waals surface area contributed by atoms with Gasteiger partial charge in [0.15, 0.2) is 6.61 Å². The Bertz CT molecular complexity index is 668. The second-order valence-corrected chi connectivity index (χ2v) is 4.23. The summed E-state index contributed by atoms with van der Waals surface area (Å²) < 4.78 is 12.2. The van der Waals surface area contributed by atoms with Crippen molar-refractivity contribution in [3.05, 3.63) is 47.8 Å². The Morgan fingerprint density at radius 3 is 2.70 bits per heavy atom. The first kappa shape index (κ1) is 13.7. The van der Waals surface area contributed by atoms with Crippen LogP contribution < -0.4 is 9.47 Å². The van der Waals surface area contributed by atoms with E-state index in [-0.39, 0.29) is 12.4 Å². The monoisotopic (exact) mass is 270 g/mol. The molecule has 0 saturated heterocycles. The Balaban J connectivity index is 2.10. The molecule has 0 radical (unpaired) electrons. The van der Waals surface area contributed by atoms with Crippen LogP contribution in [-0.4, -0.2) is 24.1 Å². The lowest BCUT2D eigenvalue weighted by atomic mass is 10.2. The van der Waals surface area contributed by atoms with Crippen molar-refractivity contribution < 1.29 is 14.3 Å². The van der Waals surface area contributed by atoms with Crippen LogP contribution in [0.5, 0.6) is 11.5 Å². The summed E-state index contributed by atoms with van der Waals surface area (Å²) in [4.78, 5) is 12.0. The number of nitrogens with zero attached hydrogens (tertiary/aromatic N) is 2. The van der Waals surface area contributed by atoms with Crippen LogP contribution in [-0.2, 0) is 7.05 Å². The summed E-state index contributed by atoms with van der Waals surface area (Å²) in [5.74, 6) is 0.827. The fourth-order valence-electron chi connectivity index (χ4n) is 1.81. The molecule has 0 spiro atoms. The van der Waals surface area contributed by atoms with Crippen LogP contribution in [0.3, 0.4) is 0 Å². The molecule has 2 rings (SSSR count). The number of methoxy groups -OCH3 is 1. The molecule has 1 aromatic carbocycles. The zero-order chi connectivity index (χ0) is 14.5. The van der Waals surface area contributed by atoms with Gasteiger partial charge in [0, 0.05) is 19.3 Å². The van der Waals surface area contributed by atoms with Crippen LogP contribution in [0.25, 0.3) is 0 Å². The van der Waals surface area contributed by atoms with Gasteiger partial charge in [-0.2, -0.15) is 5.26 Å². The zero-order valence-corrected chi connectivity index (χ0v) is 11.3. The second-order valence-electron chi connectivity index (χ2n) is 4.23. The van der Waals surface area contributed by atoms with E-state index in [9.17, 15) is 4.79 Å². The number of Topliss-reactive ketones (excluding diaryl/α,β-unsaturated/α-hetero) is 1. The average Bonchev–Trinajstić information content (AvgIpc) is 2.90. The summed E-state index contributed by atoms with van der Waals surface area (Å²) in [5.41, 5.74) is 0.999. The minimum Gasteiger partial charge on any atom is -0.497 e. The van der Waals surface area contributed by atoms with Crippen LogP contribution in [0.15, 0.2) is 36.5 Å². The van der Waals surface area contributed by atoms with Crippen molar-refractivity contribution >= 4 is 5.78 Å². The molecule has 0 unspecified atom stereocenters. The summed E-state index contributed by atoms with van der Waals surface area (Å²) in [6, 6.07) is 10.4. The highest BCUT2D eigenvalue weighted by Gasteiger charge is 2.10. The van der Waals surface area contributed by atoms with E-state index in [1.54, 1.807) is 48.1 Å². The largest absolute Gasteiger partial charge is 0.497 e. The van der Waals surface area contributed by atoms with Crippen LogP contribution in [0.1, 0.15) is 16.1 Å². The molecule has 20 heavy (non-hydrogen) atoms. The van der Waals surface area contributed by atoms with Crippen molar-refractivity contribution in [2.75, 3.05) is 13.7 Å². The maximum absolute atomic E-state index is 12.0. The first-order valence-corrected chi connectivity index (χ1v) is 6.00. The maximum Gasteiger partial charge on any atom is 0.216 e. The number of carbonyl (C=O) groups is 1. The van der Waals surface area contributed by atoms with E-state index in [4.69, 9.17) is 14.7 Å². The van der Waals surface area contributed by atoms with Gasteiger partial charge in [0.25, 0.3) is 0 Å². The summed E-state index contributed by atoms with van der Waals surface area (Å²) in [5, 5.41) is 8.91. The predicted molar refractivity (Wildman–Crippen MR) is 72.9 cm³/mol. The highest BCUT2D eigenvalue weighted by Crippen LogP contribution is 2.22. The summed E-state index contributed by atoms with van der Waals surface area (Å²) in [7, 11) is 3.31. The fraction of sp³-hybridized carbons (Fsp3) is 0.200. The number of rotatable bonds is 5. The molecule has 0 amide bonds. The molecular formula is C15H14N2O3. The highest BCUT2D eigenvalue weighted by atomic mass is 16.5. The smallest absolute Gasteiger partial charge is 0.216 e. The maximum atomic E-state index is 12.0. The highest BCUT2D eigenvalue weighted by molar-refractivity contribution is 5.95. The SMILES string of the molecule is COc1cc(C#N)cc(OCC(=O)c2cccn2C)c1. The number of carbonyl (C=O) groups excluding carboxylic acids is 1. The first-order valence-electron chi connectivity index (χ1n) is 6.00. The Kier molecular flexibility index (Phi) is 4.06. The van der Waals surface area contributed by atoms with Crippen LogP contribution in [0.4, 0.5) is 0 Å². The van der Waals surface area contributed by atoms with Crippen LogP contribution in [0.2, 0.25) is 0 Å². The van der Waals surface area contributed by atoms with Crippen molar-refractivity contribution in [1.82, 2.24) is 4.57 Å². The van der Waals surface area contributed by atoms with Gasteiger partial charge in [-0.15, -0.1) is 0 Å². The molecule has 0 fully saturated rings. The van der Waals surface area contributed by atoms with E-state index in [2.05, 4.69) is 0 Å². The number of ether oxygens (including phenoxy) is 2. The van der Waals surface area contributed by atoms with Crippen LogP contribution in [0, 0.1) is 11.3 Å². The lowest BCUT2D eigenvalue weighted by Gasteiger charge is -2.08. The van der Waals surface area contributed by atoms with E-state index < -0.39 is 0 Å². The number of aryl methyl sites for hydroxylation is 1. The minimum absolute atomic E-state index is 0.0874.